The zero-order valence-corrected chi connectivity index (χ0v) is 10.8. The van der Waals surface area contributed by atoms with Crippen LogP contribution in [0.4, 0.5) is 5.95 Å². The fourth-order valence-electron chi connectivity index (χ4n) is 2.34. The molecule has 1 aliphatic rings. The van der Waals surface area contributed by atoms with Crippen molar-refractivity contribution in [3.05, 3.63) is 18.0 Å². The third-order valence-corrected chi connectivity index (χ3v) is 3.40. The van der Waals surface area contributed by atoms with Crippen LogP contribution >= 0.6 is 0 Å². The van der Waals surface area contributed by atoms with Gasteiger partial charge < -0.3 is 10.6 Å². The lowest BCUT2D eigenvalue weighted by Crippen LogP contribution is -2.22. The van der Waals surface area contributed by atoms with E-state index in [1.807, 2.05) is 19.3 Å². The highest BCUT2D eigenvalue weighted by molar-refractivity contribution is 5.31. The van der Waals surface area contributed by atoms with Crippen LogP contribution in [0.15, 0.2) is 12.4 Å². The Morgan fingerprint density at radius 2 is 2.18 bits per heavy atom. The molecule has 17 heavy (non-hydrogen) atoms. The molecule has 4 heteroatoms. The molecule has 1 aromatic heterocycles. The second-order valence-corrected chi connectivity index (χ2v) is 5.08. The van der Waals surface area contributed by atoms with E-state index in [9.17, 15) is 0 Å². The Bertz CT molecular complexity index is 347. The third-order valence-electron chi connectivity index (χ3n) is 3.40. The molecule has 1 aliphatic heterocycles. The summed E-state index contributed by atoms with van der Waals surface area (Å²) in [4.78, 5) is 11.2. The second kappa shape index (κ2) is 5.45. The maximum absolute atomic E-state index is 5.75. The van der Waals surface area contributed by atoms with Gasteiger partial charge in [-0.2, -0.15) is 0 Å². The van der Waals surface area contributed by atoms with Crippen LogP contribution in [0.3, 0.4) is 0 Å². The Labute approximate surface area is 103 Å². The number of rotatable bonds is 4. The van der Waals surface area contributed by atoms with Crippen LogP contribution in [-0.4, -0.2) is 29.1 Å². The average molecular weight is 234 g/mol. The van der Waals surface area contributed by atoms with Gasteiger partial charge in [0.2, 0.25) is 5.95 Å². The number of nitrogens with zero attached hydrogens (tertiary/aromatic N) is 3. The van der Waals surface area contributed by atoms with Gasteiger partial charge in [-0.3, -0.25) is 0 Å². The maximum Gasteiger partial charge on any atom is 0.225 e. The van der Waals surface area contributed by atoms with Crippen LogP contribution in [0.2, 0.25) is 0 Å². The minimum Gasteiger partial charge on any atom is -0.341 e. The molecule has 4 nitrogen and oxygen atoms in total. The zero-order valence-electron chi connectivity index (χ0n) is 10.8. The highest BCUT2D eigenvalue weighted by Gasteiger charge is 2.22. The molecule has 2 rings (SSSR count). The van der Waals surface area contributed by atoms with Crippen molar-refractivity contribution in [3.63, 3.8) is 0 Å². The molecule has 0 amide bonds. The topological polar surface area (TPSA) is 55.0 Å². The number of hydrogen-bond donors (Lipinski definition) is 1. The minimum atomic E-state index is 0.167. The second-order valence-electron chi connectivity index (χ2n) is 5.08. The SMILES string of the molecule is CCC1CCN(c2ncc(CC(C)N)cn2)C1. The van der Waals surface area contributed by atoms with Crippen molar-refractivity contribution in [1.29, 1.82) is 0 Å². The summed E-state index contributed by atoms with van der Waals surface area (Å²) in [5, 5.41) is 0. The summed E-state index contributed by atoms with van der Waals surface area (Å²) in [6, 6.07) is 0.167. The number of anilines is 1. The summed E-state index contributed by atoms with van der Waals surface area (Å²) in [7, 11) is 0. The van der Waals surface area contributed by atoms with Crippen LogP contribution < -0.4 is 10.6 Å². The molecule has 0 spiro atoms. The Hall–Kier alpha value is -1.16. The van der Waals surface area contributed by atoms with Gasteiger partial charge in [0.05, 0.1) is 0 Å². The summed E-state index contributed by atoms with van der Waals surface area (Å²) >= 11 is 0. The molecule has 0 radical (unpaired) electrons. The first-order chi connectivity index (χ1) is 8.19. The normalized spacial score (nSPS) is 21.8. The monoisotopic (exact) mass is 234 g/mol. The van der Waals surface area contributed by atoms with Gasteiger partial charge in [-0.1, -0.05) is 13.3 Å². The lowest BCUT2D eigenvalue weighted by Gasteiger charge is -2.16. The van der Waals surface area contributed by atoms with Gasteiger partial charge >= 0.3 is 0 Å². The first kappa shape index (κ1) is 12.3. The fraction of sp³-hybridized carbons (Fsp3) is 0.692. The first-order valence-corrected chi connectivity index (χ1v) is 6.50. The molecule has 2 unspecified atom stereocenters. The van der Waals surface area contributed by atoms with Crippen molar-refractivity contribution < 1.29 is 0 Å². The van der Waals surface area contributed by atoms with Gasteiger partial charge in [-0.05, 0) is 31.2 Å². The summed E-state index contributed by atoms with van der Waals surface area (Å²) in [6.45, 7) is 6.44. The van der Waals surface area contributed by atoms with E-state index in [1.54, 1.807) is 0 Å². The van der Waals surface area contributed by atoms with Crippen molar-refractivity contribution in [1.82, 2.24) is 9.97 Å². The third kappa shape index (κ3) is 3.16. The Morgan fingerprint density at radius 3 is 2.71 bits per heavy atom. The van der Waals surface area contributed by atoms with E-state index in [-0.39, 0.29) is 6.04 Å². The van der Waals surface area contributed by atoms with Gasteiger partial charge in [-0.15, -0.1) is 0 Å². The van der Waals surface area contributed by atoms with Crippen LogP contribution in [0, 0.1) is 5.92 Å². The highest BCUT2D eigenvalue weighted by atomic mass is 15.3. The summed E-state index contributed by atoms with van der Waals surface area (Å²) in [5.41, 5.74) is 6.88. The van der Waals surface area contributed by atoms with Crippen LogP contribution in [-0.2, 0) is 6.42 Å². The molecule has 1 fully saturated rings. The predicted molar refractivity (Wildman–Crippen MR) is 70.0 cm³/mol. The number of aromatic nitrogens is 2. The number of hydrogen-bond acceptors (Lipinski definition) is 4. The zero-order chi connectivity index (χ0) is 12.3. The average Bonchev–Trinajstić information content (AvgIpc) is 2.78. The molecule has 0 saturated carbocycles. The van der Waals surface area contributed by atoms with E-state index >= 15 is 0 Å². The van der Waals surface area contributed by atoms with Crippen molar-refractivity contribution in [2.24, 2.45) is 11.7 Å². The molecular weight excluding hydrogens is 212 g/mol. The Kier molecular flexibility index (Phi) is 3.94. The summed E-state index contributed by atoms with van der Waals surface area (Å²) in [5.74, 6) is 1.68. The molecule has 1 saturated heterocycles. The van der Waals surface area contributed by atoms with Crippen molar-refractivity contribution >= 4 is 5.95 Å². The smallest absolute Gasteiger partial charge is 0.225 e. The molecule has 0 aromatic carbocycles. The molecule has 0 bridgehead atoms. The Morgan fingerprint density at radius 1 is 1.47 bits per heavy atom. The Balaban J connectivity index is 1.98. The van der Waals surface area contributed by atoms with Crippen molar-refractivity contribution in [2.75, 3.05) is 18.0 Å². The van der Waals surface area contributed by atoms with Gasteiger partial charge in [0.25, 0.3) is 0 Å². The molecule has 2 heterocycles. The quantitative estimate of drug-likeness (QED) is 0.860. The maximum atomic E-state index is 5.75. The largest absolute Gasteiger partial charge is 0.341 e. The van der Waals surface area contributed by atoms with E-state index in [4.69, 9.17) is 5.73 Å². The molecule has 1 aromatic rings. The molecule has 0 aliphatic carbocycles. The molecular formula is C13H22N4. The number of nitrogens with two attached hydrogens (primary N) is 1. The van der Waals surface area contributed by atoms with E-state index in [0.29, 0.717) is 0 Å². The van der Waals surface area contributed by atoms with Gasteiger partial charge in [0.15, 0.2) is 0 Å². The summed E-state index contributed by atoms with van der Waals surface area (Å²) < 4.78 is 0. The first-order valence-electron chi connectivity index (χ1n) is 6.50. The predicted octanol–water partition coefficient (Wildman–Crippen LogP) is 1.60. The van der Waals surface area contributed by atoms with E-state index in [2.05, 4.69) is 21.8 Å². The van der Waals surface area contributed by atoms with Crippen LogP contribution in [0.25, 0.3) is 0 Å². The van der Waals surface area contributed by atoms with E-state index < -0.39 is 0 Å². The summed E-state index contributed by atoms with van der Waals surface area (Å²) in [6.07, 6.45) is 7.18. The standard InChI is InChI=1S/C13H22N4/c1-3-11-4-5-17(9-11)13-15-7-12(8-16-13)6-10(2)14/h7-8,10-11H,3-6,9,14H2,1-2H3. The van der Waals surface area contributed by atoms with E-state index in [1.165, 1.54) is 12.8 Å². The molecule has 94 valence electrons. The lowest BCUT2D eigenvalue weighted by molar-refractivity contribution is 0.568. The van der Waals surface area contributed by atoms with Crippen molar-refractivity contribution in [2.45, 2.75) is 39.2 Å². The minimum absolute atomic E-state index is 0.167. The fourth-order valence-corrected chi connectivity index (χ4v) is 2.34. The van der Waals surface area contributed by atoms with Gasteiger partial charge in [0.1, 0.15) is 0 Å². The van der Waals surface area contributed by atoms with Gasteiger partial charge in [0, 0.05) is 31.5 Å². The molecule has 2 atom stereocenters. The van der Waals surface area contributed by atoms with Crippen LogP contribution in [0.1, 0.15) is 32.3 Å². The van der Waals surface area contributed by atoms with Gasteiger partial charge in [-0.25, -0.2) is 9.97 Å². The van der Waals surface area contributed by atoms with E-state index in [0.717, 1.165) is 36.9 Å². The highest BCUT2D eigenvalue weighted by Crippen LogP contribution is 2.22. The lowest BCUT2D eigenvalue weighted by atomic mass is 10.1. The van der Waals surface area contributed by atoms with Crippen molar-refractivity contribution in [3.8, 4) is 0 Å². The van der Waals surface area contributed by atoms with Crippen LogP contribution in [0.5, 0.6) is 0 Å². The molecule has 2 N–H and O–H groups in total.